The van der Waals surface area contributed by atoms with Gasteiger partial charge in [-0.05, 0) is 55.9 Å². The third-order valence-electron chi connectivity index (χ3n) is 5.59. The molecule has 2 aromatic carbocycles. The van der Waals surface area contributed by atoms with Gasteiger partial charge in [0.2, 0.25) is 5.91 Å². The van der Waals surface area contributed by atoms with Crippen molar-refractivity contribution >= 4 is 22.5 Å². The second-order valence-electron chi connectivity index (χ2n) is 7.55. The first-order chi connectivity index (χ1) is 14.0. The maximum Gasteiger partial charge on any atom is 0.261 e. The van der Waals surface area contributed by atoms with Crippen LogP contribution in [-0.2, 0) is 11.3 Å². The van der Waals surface area contributed by atoms with E-state index in [9.17, 15) is 18.4 Å². The molecule has 0 atom stereocenters. The Labute approximate surface area is 166 Å². The maximum atomic E-state index is 13.7. The zero-order valence-corrected chi connectivity index (χ0v) is 15.8. The Morgan fingerprint density at radius 1 is 1.10 bits per heavy atom. The quantitative estimate of drug-likeness (QED) is 0.720. The van der Waals surface area contributed by atoms with Crippen molar-refractivity contribution in [2.75, 3.05) is 5.32 Å². The number of hydrogen-bond donors (Lipinski definition) is 1. The fourth-order valence-corrected chi connectivity index (χ4v) is 3.95. The van der Waals surface area contributed by atoms with Crippen LogP contribution >= 0.6 is 0 Å². The molecule has 0 saturated heterocycles. The van der Waals surface area contributed by atoms with E-state index in [1.807, 2.05) is 18.2 Å². The Bertz CT molecular complexity index is 1100. The standard InChI is InChI=1S/C22H21F2N3O2/c23-16-9-10-20(18(24)11-16)26-21(28)15-7-5-14(6-8-15)12-27-13-25-19-4-2-1-3-17(19)22(27)29/h1-4,9-11,13-15H,5-8,12H2,(H,26,28). The summed E-state index contributed by atoms with van der Waals surface area (Å²) in [7, 11) is 0. The summed E-state index contributed by atoms with van der Waals surface area (Å²) in [6, 6.07) is 10.4. The molecule has 4 rings (SSSR count). The lowest BCUT2D eigenvalue weighted by Crippen LogP contribution is -2.30. The summed E-state index contributed by atoms with van der Waals surface area (Å²) in [6.07, 6.45) is 4.50. The molecule has 0 unspecified atom stereocenters. The zero-order chi connectivity index (χ0) is 20.4. The number of aromatic nitrogens is 2. The number of hydrogen-bond acceptors (Lipinski definition) is 3. The molecule has 1 fully saturated rings. The van der Waals surface area contributed by atoms with Gasteiger partial charge in [0.1, 0.15) is 11.6 Å². The smallest absolute Gasteiger partial charge is 0.261 e. The summed E-state index contributed by atoms with van der Waals surface area (Å²) in [5, 5.41) is 3.16. The highest BCUT2D eigenvalue weighted by Crippen LogP contribution is 2.31. The van der Waals surface area contributed by atoms with Crippen molar-refractivity contribution in [2.45, 2.75) is 32.2 Å². The first kappa shape index (κ1) is 19.2. The fourth-order valence-electron chi connectivity index (χ4n) is 3.95. The van der Waals surface area contributed by atoms with Crippen molar-refractivity contribution < 1.29 is 13.6 Å². The van der Waals surface area contributed by atoms with Gasteiger partial charge < -0.3 is 5.32 Å². The molecule has 0 spiro atoms. The molecule has 1 saturated carbocycles. The molecular formula is C22H21F2N3O2. The number of anilines is 1. The number of nitrogens with zero attached hydrogens (tertiary/aromatic N) is 2. The molecule has 5 nitrogen and oxygen atoms in total. The second kappa shape index (κ2) is 8.11. The second-order valence-corrected chi connectivity index (χ2v) is 7.55. The van der Waals surface area contributed by atoms with Crippen LogP contribution in [0.1, 0.15) is 25.7 Å². The summed E-state index contributed by atoms with van der Waals surface area (Å²) in [6.45, 7) is 0.567. The van der Waals surface area contributed by atoms with Crippen LogP contribution in [0.25, 0.3) is 10.9 Å². The first-order valence-electron chi connectivity index (χ1n) is 9.71. The number of halogens is 2. The Hall–Kier alpha value is -3.09. The molecule has 0 aliphatic heterocycles. The molecule has 1 aliphatic carbocycles. The van der Waals surface area contributed by atoms with Crippen molar-refractivity contribution in [3.8, 4) is 0 Å². The molecule has 7 heteroatoms. The average Bonchev–Trinajstić information content (AvgIpc) is 2.73. The van der Waals surface area contributed by atoms with E-state index >= 15 is 0 Å². The van der Waals surface area contributed by atoms with Crippen LogP contribution in [0.5, 0.6) is 0 Å². The highest BCUT2D eigenvalue weighted by molar-refractivity contribution is 5.92. The highest BCUT2D eigenvalue weighted by atomic mass is 19.1. The number of carbonyl (C=O) groups is 1. The van der Waals surface area contributed by atoms with E-state index in [4.69, 9.17) is 0 Å². The minimum absolute atomic E-state index is 0.00712. The minimum atomic E-state index is -0.782. The zero-order valence-electron chi connectivity index (χ0n) is 15.8. The molecule has 0 bridgehead atoms. The van der Waals surface area contributed by atoms with Gasteiger partial charge in [-0.2, -0.15) is 0 Å². The number of fused-ring (bicyclic) bond motifs is 1. The molecule has 1 aromatic heterocycles. The molecular weight excluding hydrogens is 376 g/mol. The Morgan fingerprint density at radius 2 is 1.86 bits per heavy atom. The Balaban J connectivity index is 1.36. The van der Waals surface area contributed by atoms with Gasteiger partial charge in [0.25, 0.3) is 5.56 Å². The normalized spacial score (nSPS) is 19.2. The maximum absolute atomic E-state index is 13.7. The van der Waals surface area contributed by atoms with Crippen molar-refractivity contribution in [1.82, 2.24) is 9.55 Å². The summed E-state index contributed by atoms with van der Waals surface area (Å²) in [4.78, 5) is 29.4. The minimum Gasteiger partial charge on any atom is -0.323 e. The van der Waals surface area contributed by atoms with E-state index in [0.29, 0.717) is 30.3 Å². The predicted octanol–water partition coefficient (Wildman–Crippen LogP) is 4.12. The largest absolute Gasteiger partial charge is 0.323 e. The van der Waals surface area contributed by atoms with Crippen LogP contribution in [-0.4, -0.2) is 15.5 Å². The molecule has 0 radical (unpaired) electrons. The van der Waals surface area contributed by atoms with Gasteiger partial charge in [-0.25, -0.2) is 13.8 Å². The molecule has 1 aliphatic rings. The number of amides is 1. The molecule has 29 heavy (non-hydrogen) atoms. The lowest BCUT2D eigenvalue weighted by atomic mass is 9.81. The summed E-state index contributed by atoms with van der Waals surface area (Å²) in [5.74, 6) is -1.66. The van der Waals surface area contributed by atoms with Gasteiger partial charge in [-0.15, -0.1) is 0 Å². The van der Waals surface area contributed by atoms with E-state index in [1.165, 1.54) is 6.07 Å². The number of benzene rings is 2. The lowest BCUT2D eigenvalue weighted by molar-refractivity contribution is -0.121. The van der Waals surface area contributed by atoms with Crippen molar-refractivity contribution in [1.29, 1.82) is 0 Å². The number of para-hydroxylation sites is 1. The Kier molecular flexibility index (Phi) is 5.38. The molecule has 150 valence electrons. The third kappa shape index (κ3) is 4.18. The van der Waals surface area contributed by atoms with Crippen LogP contribution in [0.15, 0.2) is 53.6 Å². The van der Waals surface area contributed by atoms with Gasteiger partial charge in [0.15, 0.2) is 0 Å². The van der Waals surface area contributed by atoms with Gasteiger partial charge in [0.05, 0.1) is 22.9 Å². The van der Waals surface area contributed by atoms with E-state index in [2.05, 4.69) is 10.3 Å². The topological polar surface area (TPSA) is 64.0 Å². The van der Waals surface area contributed by atoms with Crippen molar-refractivity contribution in [3.63, 3.8) is 0 Å². The Morgan fingerprint density at radius 3 is 2.62 bits per heavy atom. The van der Waals surface area contributed by atoms with Crippen LogP contribution in [0.2, 0.25) is 0 Å². The van der Waals surface area contributed by atoms with Gasteiger partial charge in [-0.1, -0.05) is 12.1 Å². The van der Waals surface area contributed by atoms with E-state index in [1.54, 1.807) is 17.0 Å². The molecule has 3 aromatic rings. The first-order valence-corrected chi connectivity index (χ1v) is 9.71. The third-order valence-corrected chi connectivity index (χ3v) is 5.59. The number of carbonyl (C=O) groups excluding carboxylic acids is 1. The number of nitrogens with one attached hydrogen (secondary N) is 1. The van der Waals surface area contributed by atoms with Crippen molar-refractivity contribution in [2.24, 2.45) is 11.8 Å². The van der Waals surface area contributed by atoms with Gasteiger partial charge in [0, 0.05) is 18.5 Å². The van der Waals surface area contributed by atoms with Crippen LogP contribution < -0.4 is 10.9 Å². The molecule has 1 amide bonds. The summed E-state index contributed by atoms with van der Waals surface area (Å²) in [5.41, 5.74) is 0.622. The van der Waals surface area contributed by atoms with E-state index < -0.39 is 11.6 Å². The predicted molar refractivity (Wildman–Crippen MR) is 106 cm³/mol. The summed E-state index contributed by atoms with van der Waals surface area (Å²) < 4.78 is 28.4. The van der Waals surface area contributed by atoms with Gasteiger partial charge >= 0.3 is 0 Å². The lowest BCUT2D eigenvalue weighted by Gasteiger charge is -2.28. The number of rotatable bonds is 4. The monoisotopic (exact) mass is 397 g/mol. The fraction of sp³-hybridized carbons (Fsp3) is 0.318. The van der Waals surface area contributed by atoms with Gasteiger partial charge in [-0.3, -0.25) is 14.2 Å². The highest BCUT2D eigenvalue weighted by Gasteiger charge is 2.27. The van der Waals surface area contributed by atoms with Crippen molar-refractivity contribution in [3.05, 3.63) is 70.8 Å². The van der Waals surface area contributed by atoms with Crippen LogP contribution in [0.4, 0.5) is 14.5 Å². The van der Waals surface area contributed by atoms with E-state index in [-0.39, 0.29) is 29.0 Å². The molecule has 1 N–H and O–H groups in total. The molecule has 1 heterocycles. The SMILES string of the molecule is O=C(Nc1ccc(F)cc1F)C1CCC(Cn2cnc3ccccc3c2=O)CC1. The van der Waals surface area contributed by atoms with E-state index in [0.717, 1.165) is 25.0 Å². The van der Waals surface area contributed by atoms with Crippen LogP contribution in [0, 0.1) is 23.5 Å². The average molecular weight is 397 g/mol. The summed E-state index contributed by atoms with van der Waals surface area (Å²) >= 11 is 0. The van der Waals surface area contributed by atoms with Crippen LogP contribution in [0.3, 0.4) is 0 Å².